The molecule has 370 valence electrons. The van der Waals surface area contributed by atoms with Crippen LogP contribution >= 0.6 is 34.7 Å². The zero-order valence-electron chi connectivity index (χ0n) is 40.1. The third-order valence-electron chi connectivity index (χ3n) is 14.1. The fourth-order valence-electron chi connectivity index (χ4n) is 9.59. The average molecular weight is 1000 g/mol. The Morgan fingerprint density at radius 3 is 2.38 bits per heavy atom. The largest absolute Gasteiger partial charge is 0.495 e. The molecule has 4 aliphatic rings. The van der Waals surface area contributed by atoms with Crippen LogP contribution in [0.25, 0.3) is 10.4 Å². The number of benzene rings is 2. The van der Waals surface area contributed by atoms with E-state index in [2.05, 4.69) is 41.1 Å². The molecule has 19 heteroatoms. The SMILES string of the molecule is CNc1nc(Nc2ccc(C(=O)N3CCN(C[C@H]4CC[C@@H](CSC(C)(C)C(NC(=O)C5(F)CC5)C(=O)N5CCCC5C(=O)NCc5ccc(-c6scnc6C)cc5)CC4)CC3)cc2OC)ncc1Cl. The molecule has 4 aromatic rings. The summed E-state index contributed by atoms with van der Waals surface area (Å²) in [5.74, 6) is 1.78. The van der Waals surface area contributed by atoms with Crippen molar-refractivity contribution in [3.05, 3.63) is 76.0 Å². The van der Waals surface area contributed by atoms with Crippen molar-refractivity contribution in [3.8, 4) is 16.2 Å². The Morgan fingerprint density at radius 1 is 0.986 bits per heavy atom. The molecule has 8 rings (SSSR count). The first kappa shape index (κ1) is 50.4. The number of nitrogens with zero attached hydrogens (tertiary/aromatic N) is 6. The summed E-state index contributed by atoms with van der Waals surface area (Å²) < 4.78 is 20.0. The number of alkyl halides is 1. The van der Waals surface area contributed by atoms with Crippen LogP contribution in [0.2, 0.25) is 5.02 Å². The first-order valence-corrected chi connectivity index (χ1v) is 26.3. The molecular weight excluding hydrogens is 939 g/mol. The van der Waals surface area contributed by atoms with Gasteiger partial charge in [0.15, 0.2) is 5.67 Å². The highest BCUT2D eigenvalue weighted by Gasteiger charge is 2.54. The summed E-state index contributed by atoms with van der Waals surface area (Å²) in [5, 5.41) is 12.4. The number of carbonyl (C=O) groups excluding carboxylic acids is 4. The second-order valence-corrected chi connectivity index (χ2v) is 22.3. The minimum Gasteiger partial charge on any atom is -0.495 e. The minimum atomic E-state index is -1.94. The van der Waals surface area contributed by atoms with Crippen molar-refractivity contribution < 1.29 is 28.3 Å². The molecule has 4 fully saturated rings. The summed E-state index contributed by atoms with van der Waals surface area (Å²) in [4.78, 5) is 75.1. The van der Waals surface area contributed by atoms with Crippen LogP contribution in [0, 0.1) is 18.8 Å². The number of aromatic nitrogens is 3. The number of likely N-dealkylation sites (tertiary alicyclic amines) is 1. The van der Waals surface area contributed by atoms with Crippen LogP contribution in [0.15, 0.2) is 54.2 Å². The van der Waals surface area contributed by atoms with Crippen molar-refractivity contribution in [2.24, 2.45) is 11.8 Å². The van der Waals surface area contributed by atoms with Crippen LogP contribution in [-0.4, -0.2) is 135 Å². The molecule has 15 nitrogen and oxygen atoms in total. The van der Waals surface area contributed by atoms with Gasteiger partial charge >= 0.3 is 0 Å². The third-order valence-corrected chi connectivity index (χ3v) is 17.0. The number of anilines is 3. The molecule has 0 spiro atoms. The van der Waals surface area contributed by atoms with E-state index in [1.54, 1.807) is 60.4 Å². The summed E-state index contributed by atoms with van der Waals surface area (Å²) in [6.45, 7) is 10.5. The lowest BCUT2D eigenvalue weighted by molar-refractivity contribution is -0.143. The van der Waals surface area contributed by atoms with E-state index in [4.69, 9.17) is 16.3 Å². The second-order valence-electron chi connectivity index (χ2n) is 19.3. The lowest BCUT2D eigenvalue weighted by Crippen LogP contribution is -2.61. The van der Waals surface area contributed by atoms with E-state index in [0.29, 0.717) is 84.6 Å². The van der Waals surface area contributed by atoms with Crippen LogP contribution in [0.1, 0.15) is 86.8 Å². The number of thioether (sulfide) groups is 1. The molecule has 2 aliphatic heterocycles. The molecule has 2 unspecified atom stereocenters. The van der Waals surface area contributed by atoms with Gasteiger partial charge < -0.3 is 35.8 Å². The molecule has 4 amide bonds. The van der Waals surface area contributed by atoms with E-state index in [0.717, 1.165) is 72.8 Å². The minimum absolute atomic E-state index is 0.0390. The van der Waals surface area contributed by atoms with Crippen LogP contribution in [0.3, 0.4) is 0 Å². The van der Waals surface area contributed by atoms with Gasteiger partial charge in [-0.1, -0.05) is 35.9 Å². The van der Waals surface area contributed by atoms with Crippen LogP contribution < -0.4 is 26.0 Å². The highest BCUT2D eigenvalue weighted by molar-refractivity contribution is 8.00. The van der Waals surface area contributed by atoms with Gasteiger partial charge in [0.05, 0.1) is 35.1 Å². The van der Waals surface area contributed by atoms with Gasteiger partial charge in [0, 0.05) is 63.2 Å². The number of aryl methyl sites for hydroxylation is 1. The van der Waals surface area contributed by atoms with Crippen LogP contribution in [-0.2, 0) is 20.9 Å². The molecule has 2 aromatic carbocycles. The summed E-state index contributed by atoms with van der Waals surface area (Å²) in [7, 11) is 3.29. The van der Waals surface area contributed by atoms with Crippen molar-refractivity contribution in [1.82, 2.24) is 40.3 Å². The molecule has 0 radical (unpaired) electrons. The highest BCUT2D eigenvalue weighted by atomic mass is 35.5. The second kappa shape index (κ2) is 21.9. The maximum atomic E-state index is 15.2. The summed E-state index contributed by atoms with van der Waals surface area (Å²) in [5.41, 5.74) is 4.05. The summed E-state index contributed by atoms with van der Waals surface area (Å²) in [6.07, 6.45) is 7.27. The summed E-state index contributed by atoms with van der Waals surface area (Å²) in [6, 6.07) is 11.7. The maximum absolute atomic E-state index is 15.2. The normalized spacial score (nSPS) is 20.8. The van der Waals surface area contributed by atoms with Crippen molar-refractivity contribution in [1.29, 1.82) is 0 Å². The van der Waals surface area contributed by atoms with Crippen LogP contribution in [0.5, 0.6) is 5.75 Å². The molecule has 2 saturated heterocycles. The van der Waals surface area contributed by atoms with Gasteiger partial charge in [-0.15, -0.1) is 11.3 Å². The number of hydrogen-bond acceptors (Lipinski definition) is 13. The predicted octanol–water partition coefficient (Wildman–Crippen LogP) is 7.73. The Balaban J connectivity index is 0.798. The number of nitrogens with one attached hydrogen (secondary N) is 4. The monoisotopic (exact) mass is 1000 g/mol. The Labute approximate surface area is 417 Å². The van der Waals surface area contributed by atoms with Crippen LogP contribution in [0.4, 0.5) is 21.8 Å². The Bertz CT molecular complexity index is 2480. The molecule has 2 saturated carbocycles. The quantitative estimate of drug-likeness (QED) is 0.0766. The first-order valence-electron chi connectivity index (χ1n) is 24.0. The van der Waals surface area contributed by atoms with Crippen molar-refractivity contribution in [2.75, 3.05) is 69.8 Å². The number of carbonyl (C=O) groups is 4. The number of halogens is 2. The van der Waals surface area contributed by atoms with Crippen molar-refractivity contribution in [2.45, 2.75) is 101 Å². The predicted molar refractivity (Wildman–Crippen MR) is 271 cm³/mol. The number of amides is 4. The number of hydrogen-bond donors (Lipinski definition) is 4. The molecule has 2 aromatic heterocycles. The highest BCUT2D eigenvalue weighted by Crippen LogP contribution is 2.42. The lowest BCUT2D eigenvalue weighted by Gasteiger charge is -2.40. The van der Waals surface area contributed by atoms with Gasteiger partial charge in [0.2, 0.25) is 17.8 Å². The van der Waals surface area contributed by atoms with Gasteiger partial charge in [-0.25, -0.2) is 14.4 Å². The molecule has 4 N–H and O–H groups in total. The number of rotatable bonds is 18. The topological polar surface area (TPSA) is 174 Å². The van der Waals surface area contributed by atoms with E-state index in [1.807, 2.05) is 55.4 Å². The molecule has 2 aliphatic carbocycles. The molecular formula is C50H64ClFN10O5S2. The summed E-state index contributed by atoms with van der Waals surface area (Å²) >= 11 is 9.39. The number of thiazole rings is 1. The van der Waals surface area contributed by atoms with Crippen molar-refractivity contribution >= 4 is 75.8 Å². The number of ether oxygens (including phenoxy) is 1. The van der Waals surface area contributed by atoms with Gasteiger partial charge in [-0.2, -0.15) is 16.7 Å². The maximum Gasteiger partial charge on any atom is 0.258 e. The zero-order valence-corrected chi connectivity index (χ0v) is 42.5. The van der Waals surface area contributed by atoms with E-state index in [-0.39, 0.29) is 30.6 Å². The fraction of sp³-hybridized carbons (Fsp3) is 0.540. The third kappa shape index (κ3) is 12.1. The number of piperazine rings is 1. The Kier molecular flexibility index (Phi) is 16.0. The van der Waals surface area contributed by atoms with Gasteiger partial charge in [0.1, 0.15) is 28.7 Å². The van der Waals surface area contributed by atoms with E-state index in [1.165, 1.54) is 6.20 Å². The zero-order chi connectivity index (χ0) is 48.9. The van der Waals surface area contributed by atoms with Gasteiger partial charge in [-0.05, 0) is 119 Å². The lowest BCUT2D eigenvalue weighted by atomic mass is 9.82. The van der Waals surface area contributed by atoms with Gasteiger partial charge in [-0.3, -0.25) is 24.1 Å². The molecule has 0 bridgehead atoms. The molecule has 4 heterocycles. The smallest absolute Gasteiger partial charge is 0.258 e. The molecule has 2 atom stereocenters. The van der Waals surface area contributed by atoms with Gasteiger partial charge in [0.25, 0.3) is 11.8 Å². The average Bonchev–Trinajstić information content (AvgIpc) is 3.68. The number of methoxy groups -OCH3 is 1. The van der Waals surface area contributed by atoms with E-state index < -0.39 is 28.4 Å². The Hall–Kier alpha value is -5.04. The van der Waals surface area contributed by atoms with E-state index in [9.17, 15) is 19.2 Å². The Morgan fingerprint density at radius 2 is 1.71 bits per heavy atom. The first-order chi connectivity index (χ1) is 33.1. The van der Waals surface area contributed by atoms with E-state index >= 15 is 4.39 Å². The fourth-order valence-corrected chi connectivity index (χ4v) is 11.9. The standard InChI is InChI=1S/C50H64ClFN10O5S2/c1-31-41(68-30-56-31)35-14-12-32(13-15-35)26-54-44(63)39-7-6-20-62(39)46(65)42(58-47(66)50(52)18-19-50)49(2,3)69-29-34-10-8-33(9-11-34)28-60-21-23-61(24-22-60)45(64)36-16-17-38(40(25-36)67-5)57-48-55-27-37(51)43(53-4)59-48/h12-17,25,27,30,33-34,39,42H,6-11,18-24,26,28-29H2,1-5H3,(H,54,63)(H,58,66)(H2,53,55,57,59)/t33-,34+,39?,42?. The van der Waals surface area contributed by atoms with Crippen molar-refractivity contribution in [3.63, 3.8) is 0 Å². The molecule has 69 heavy (non-hydrogen) atoms.